The third-order valence-corrected chi connectivity index (χ3v) is 6.64. The molecular formula is C27H33FN2O2. The van der Waals surface area contributed by atoms with Crippen LogP contribution in [0.1, 0.15) is 58.6 Å². The van der Waals surface area contributed by atoms with E-state index in [0.717, 1.165) is 36.1 Å². The highest BCUT2D eigenvalue weighted by atomic mass is 19.1. The van der Waals surface area contributed by atoms with E-state index in [2.05, 4.69) is 22.5 Å². The first-order valence-corrected chi connectivity index (χ1v) is 11.7. The van der Waals surface area contributed by atoms with Crippen molar-refractivity contribution >= 4 is 12.2 Å². The van der Waals surface area contributed by atoms with Gasteiger partial charge in [0, 0.05) is 17.8 Å². The number of nitrogens with zero attached hydrogens (tertiary/aromatic N) is 1. The van der Waals surface area contributed by atoms with Crippen LogP contribution in [0.25, 0.3) is 17.2 Å². The molecule has 4 unspecified atom stereocenters. The molecule has 0 radical (unpaired) electrons. The molecule has 4 rings (SSSR count). The topological polar surface area (TPSA) is 51.2 Å². The van der Waals surface area contributed by atoms with Gasteiger partial charge >= 0.3 is 6.09 Å². The molecule has 32 heavy (non-hydrogen) atoms. The van der Waals surface area contributed by atoms with Crippen LogP contribution in [0.5, 0.6) is 0 Å². The summed E-state index contributed by atoms with van der Waals surface area (Å²) in [6.45, 7) is 5.67. The summed E-state index contributed by atoms with van der Waals surface area (Å²) in [5.41, 5.74) is 2.21. The Labute approximate surface area is 190 Å². The van der Waals surface area contributed by atoms with Crippen molar-refractivity contribution in [3.8, 4) is 11.1 Å². The molecule has 2 aliphatic rings. The van der Waals surface area contributed by atoms with Crippen molar-refractivity contribution < 1.29 is 13.9 Å². The zero-order valence-corrected chi connectivity index (χ0v) is 19.2. The highest BCUT2D eigenvalue weighted by molar-refractivity contribution is 5.68. The minimum Gasteiger partial charge on any atom is -0.444 e. The Bertz CT molecular complexity index is 964. The summed E-state index contributed by atoms with van der Waals surface area (Å²) < 4.78 is 18.9. The van der Waals surface area contributed by atoms with E-state index in [0.29, 0.717) is 17.8 Å². The standard InChI is InChI=1S/C27H33FN2O2/c1-27(2,3)32-26(31)30-24-13-14-25-18(7-8-20(25)16-24)9-11-23-12-10-21(17-29-23)19-5-4-6-22(28)15-19/h4-6,9-12,15,17-18,20,24-25H,7-8,13-14,16H2,1-3H3,(H,30,31)/b11-9+. The molecule has 1 aromatic carbocycles. The van der Waals surface area contributed by atoms with Crippen LogP contribution in [0.3, 0.4) is 0 Å². The molecule has 2 fully saturated rings. The molecule has 0 saturated heterocycles. The Kier molecular flexibility index (Phi) is 6.63. The second kappa shape index (κ2) is 9.43. The fraction of sp³-hybridized carbons (Fsp3) is 0.481. The molecule has 1 N–H and O–H groups in total. The fourth-order valence-electron chi connectivity index (χ4n) is 5.21. The van der Waals surface area contributed by atoms with Gasteiger partial charge in [-0.1, -0.05) is 24.3 Å². The number of rotatable bonds is 4. The van der Waals surface area contributed by atoms with Gasteiger partial charge in [-0.2, -0.15) is 0 Å². The number of nitrogens with one attached hydrogen (secondary N) is 1. The zero-order valence-electron chi connectivity index (χ0n) is 19.2. The predicted octanol–water partition coefficient (Wildman–Crippen LogP) is 6.62. The van der Waals surface area contributed by atoms with Crippen LogP contribution < -0.4 is 5.32 Å². The monoisotopic (exact) mass is 436 g/mol. The van der Waals surface area contributed by atoms with E-state index in [4.69, 9.17) is 4.74 Å². The van der Waals surface area contributed by atoms with Crippen molar-refractivity contribution in [2.24, 2.45) is 17.8 Å². The lowest BCUT2D eigenvalue weighted by molar-refractivity contribution is 0.0474. The van der Waals surface area contributed by atoms with Crippen molar-refractivity contribution in [3.05, 3.63) is 60.2 Å². The summed E-state index contributed by atoms with van der Waals surface area (Å²) >= 11 is 0. The van der Waals surface area contributed by atoms with Crippen molar-refractivity contribution in [2.75, 3.05) is 0 Å². The molecule has 1 aromatic heterocycles. The summed E-state index contributed by atoms with van der Waals surface area (Å²) in [7, 11) is 0. The van der Waals surface area contributed by atoms with Crippen LogP contribution in [0, 0.1) is 23.6 Å². The second-order valence-electron chi connectivity index (χ2n) is 10.2. The number of halogens is 1. The molecule has 2 aromatic rings. The molecule has 2 aliphatic carbocycles. The van der Waals surface area contributed by atoms with Crippen molar-refractivity contribution in [1.82, 2.24) is 10.3 Å². The van der Waals surface area contributed by atoms with Gasteiger partial charge in [0.1, 0.15) is 11.4 Å². The van der Waals surface area contributed by atoms with Gasteiger partial charge in [-0.25, -0.2) is 9.18 Å². The molecule has 170 valence electrons. The Balaban J connectivity index is 1.31. The van der Waals surface area contributed by atoms with E-state index < -0.39 is 5.60 Å². The summed E-state index contributed by atoms with van der Waals surface area (Å²) in [6, 6.07) is 10.8. The van der Waals surface area contributed by atoms with E-state index in [1.165, 1.54) is 25.0 Å². The fourth-order valence-corrected chi connectivity index (χ4v) is 5.21. The Morgan fingerprint density at radius 1 is 1.12 bits per heavy atom. The highest BCUT2D eigenvalue weighted by Gasteiger charge is 2.39. The largest absolute Gasteiger partial charge is 0.444 e. The van der Waals surface area contributed by atoms with E-state index in [-0.39, 0.29) is 18.0 Å². The average molecular weight is 437 g/mol. The number of carbonyl (C=O) groups excluding carboxylic acids is 1. The number of hydrogen-bond acceptors (Lipinski definition) is 3. The van der Waals surface area contributed by atoms with Crippen LogP contribution in [0.4, 0.5) is 9.18 Å². The van der Waals surface area contributed by atoms with E-state index in [1.807, 2.05) is 39.0 Å². The molecule has 0 bridgehead atoms. The number of allylic oxidation sites excluding steroid dienone is 1. The number of alkyl carbamates (subject to hydrolysis) is 1. The zero-order chi connectivity index (χ0) is 22.7. The van der Waals surface area contributed by atoms with Crippen LogP contribution in [-0.2, 0) is 4.74 Å². The molecule has 4 atom stereocenters. The summed E-state index contributed by atoms with van der Waals surface area (Å²) in [4.78, 5) is 16.7. The molecule has 1 heterocycles. The van der Waals surface area contributed by atoms with Gasteiger partial charge in [-0.15, -0.1) is 0 Å². The van der Waals surface area contributed by atoms with Crippen molar-refractivity contribution in [1.29, 1.82) is 0 Å². The number of hydrogen-bond donors (Lipinski definition) is 1. The SMILES string of the molecule is CC(C)(C)OC(=O)NC1CCC2C(/C=C/c3ccc(-c4cccc(F)c4)cn3)CCC2C1. The van der Waals surface area contributed by atoms with E-state index >= 15 is 0 Å². The molecule has 4 nitrogen and oxygen atoms in total. The maximum absolute atomic E-state index is 13.5. The second-order valence-corrected chi connectivity index (χ2v) is 10.2. The number of fused-ring (bicyclic) bond motifs is 1. The maximum atomic E-state index is 13.5. The molecule has 5 heteroatoms. The summed E-state index contributed by atoms with van der Waals surface area (Å²) in [5.74, 6) is 1.65. The number of amides is 1. The third kappa shape index (κ3) is 5.76. The Morgan fingerprint density at radius 2 is 1.97 bits per heavy atom. The van der Waals surface area contributed by atoms with Gasteiger partial charge < -0.3 is 10.1 Å². The van der Waals surface area contributed by atoms with Gasteiger partial charge in [0.2, 0.25) is 0 Å². The quantitative estimate of drug-likeness (QED) is 0.586. The van der Waals surface area contributed by atoms with Crippen LogP contribution >= 0.6 is 0 Å². The average Bonchev–Trinajstić information content (AvgIpc) is 3.13. The lowest BCUT2D eigenvalue weighted by Gasteiger charge is -2.34. The number of pyridine rings is 1. The molecule has 1 amide bonds. The summed E-state index contributed by atoms with van der Waals surface area (Å²) in [6.07, 6.45) is 11.5. The smallest absolute Gasteiger partial charge is 0.407 e. The first-order valence-electron chi connectivity index (χ1n) is 11.7. The maximum Gasteiger partial charge on any atom is 0.407 e. The minimum absolute atomic E-state index is 0.214. The molecule has 2 saturated carbocycles. The first kappa shape index (κ1) is 22.5. The van der Waals surface area contributed by atoms with Gasteiger partial charge in [0.25, 0.3) is 0 Å². The number of aromatic nitrogens is 1. The van der Waals surface area contributed by atoms with Crippen molar-refractivity contribution in [2.45, 2.75) is 64.5 Å². The van der Waals surface area contributed by atoms with Crippen molar-refractivity contribution in [3.63, 3.8) is 0 Å². The third-order valence-electron chi connectivity index (χ3n) is 6.64. The Morgan fingerprint density at radius 3 is 2.69 bits per heavy atom. The number of carbonyl (C=O) groups is 1. The summed E-state index contributed by atoms with van der Waals surface area (Å²) in [5, 5.41) is 3.07. The molecule has 0 aliphatic heterocycles. The van der Waals surface area contributed by atoms with Gasteiger partial charge in [0.15, 0.2) is 0 Å². The van der Waals surface area contributed by atoms with Gasteiger partial charge in [-0.05, 0) is 100 Å². The van der Waals surface area contributed by atoms with Gasteiger partial charge in [0.05, 0.1) is 5.69 Å². The van der Waals surface area contributed by atoms with Crippen LogP contribution in [-0.4, -0.2) is 22.7 Å². The van der Waals surface area contributed by atoms with Gasteiger partial charge in [-0.3, -0.25) is 4.98 Å². The first-order chi connectivity index (χ1) is 15.3. The molecule has 0 spiro atoms. The number of ether oxygens (including phenoxy) is 1. The van der Waals surface area contributed by atoms with E-state index in [1.54, 1.807) is 12.3 Å². The lowest BCUT2D eigenvalue weighted by atomic mass is 9.76. The molecular weight excluding hydrogens is 403 g/mol. The van der Waals surface area contributed by atoms with Crippen LogP contribution in [0.2, 0.25) is 0 Å². The highest BCUT2D eigenvalue weighted by Crippen LogP contribution is 2.46. The predicted molar refractivity (Wildman–Crippen MR) is 125 cm³/mol. The van der Waals surface area contributed by atoms with E-state index in [9.17, 15) is 9.18 Å². The minimum atomic E-state index is -0.464. The number of benzene rings is 1. The lowest BCUT2D eigenvalue weighted by Crippen LogP contribution is -2.42. The normalized spacial score (nSPS) is 25.5. The Hall–Kier alpha value is -2.69. The van der Waals surface area contributed by atoms with Crippen LogP contribution in [0.15, 0.2) is 48.7 Å².